The standard InChI is InChI=1S/C15H15N5/c1-10(2)14-13(7-4-8-16-14)11-5-3-6-12(9-11)15-17-19-20-18-15/h3-10H,1-2H3,(H,17,18,19,20). The molecule has 3 aromatic rings. The lowest BCUT2D eigenvalue weighted by Gasteiger charge is -2.12. The van der Waals surface area contributed by atoms with E-state index >= 15 is 0 Å². The second kappa shape index (κ2) is 5.21. The molecule has 0 amide bonds. The average Bonchev–Trinajstić information content (AvgIpc) is 3.01. The number of H-pyrrole nitrogens is 1. The van der Waals surface area contributed by atoms with Gasteiger partial charge in [-0.25, -0.2) is 5.10 Å². The molecule has 0 fully saturated rings. The normalized spacial score (nSPS) is 10.9. The zero-order valence-corrected chi connectivity index (χ0v) is 11.4. The predicted octanol–water partition coefficient (Wildman–Crippen LogP) is 3.05. The Kier molecular flexibility index (Phi) is 3.25. The molecule has 0 saturated heterocycles. The van der Waals surface area contributed by atoms with Crippen molar-refractivity contribution in [3.05, 3.63) is 48.3 Å². The van der Waals surface area contributed by atoms with Crippen molar-refractivity contribution in [3.8, 4) is 22.5 Å². The van der Waals surface area contributed by atoms with Gasteiger partial charge < -0.3 is 0 Å². The number of rotatable bonds is 3. The molecule has 0 radical (unpaired) electrons. The number of nitrogens with zero attached hydrogens (tertiary/aromatic N) is 4. The van der Waals surface area contributed by atoms with E-state index in [1.807, 2.05) is 24.4 Å². The molecule has 2 aromatic heterocycles. The number of pyridine rings is 1. The van der Waals surface area contributed by atoms with Gasteiger partial charge in [0, 0.05) is 17.3 Å². The van der Waals surface area contributed by atoms with E-state index in [2.05, 4.69) is 57.7 Å². The summed E-state index contributed by atoms with van der Waals surface area (Å²) in [5.74, 6) is 1.05. The molecule has 20 heavy (non-hydrogen) atoms. The molecule has 3 rings (SSSR count). The second-order valence-corrected chi connectivity index (χ2v) is 4.92. The molecular formula is C15H15N5. The number of hydrogen-bond acceptors (Lipinski definition) is 4. The monoisotopic (exact) mass is 265 g/mol. The molecule has 0 atom stereocenters. The van der Waals surface area contributed by atoms with Crippen LogP contribution in [0.25, 0.3) is 22.5 Å². The summed E-state index contributed by atoms with van der Waals surface area (Å²) in [6.07, 6.45) is 1.84. The highest BCUT2D eigenvalue weighted by molar-refractivity contribution is 5.71. The Labute approximate surface area is 117 Å². The molecule has 0 saturated carbocycles. The number of nitrogens with one attached hydrogen (secondary N) is 1. The molecule has 0 aliphatic rings. The summed E-state index contributed by atoms with van der Waals surface area (Å²) in [6.45, 7) is 4.30. The van der Waals surface area contributed by atoms with Gasteiger partial charge in [-0.15, -0.1) is 5.10 Å². The summed E-state index contributed by atoms with van der Waals surface area (Å²) in [4.78, 5) is 4.50. The van der Waals surface area contributed by atoms with Gasteiger partial charge in [0.15, 0.2) is 5.82 Å². The number of benzene rings is 1. The van der Waals surface area contributed by atoms with Crippen LogP contribution < -0.4 is 0 Å². The fourth-order valence-corrected chi connectivity index (χ4v) is 2.24. The van der Waals surface area contributed by atoms with Crippen LogP contribution in [0.2, 0.25) is 0 Å². The maximum Gasteiger partial charge on any atom is 0.179 e. The maximum absolute atomic E-state index is 4.50. The summed E-state index contributed by atoms with van der Waals surface area (Å²) < 4.78 is 0. The van der Waals surface area contributed by atoms with E-state index in [1.165, 1.54) is 0 Å². The fraction of sp³-hybridized carbons (Fsp3) is 0.200. The minimum absolute atomic E-state index is 0.377. The number of aromatic amines is 1. The molecule has 2 heterocycles. The lowest BCUT2D eigenvalue weighted by atomic mass is 9.96. The fourth-order valence-electron chi connectivity index (χ4n) is 2.24. The lowest BCUT2D eigenvalue weighted by Crippen LogP contribution is -1.96. The van der Waals surface area contributed by atoms with Crippen LogP contribution in [0, 0.1) is 0 Å². The molecule has 5 heteroatoms. The number of hydrogen-bond donors (Lipinski definition) is 1. The second-order valence-electron chi connectivity index (χ2n) is 4.92. The van der Waals surface area contributed by atoms with Crippen molar-refractivity contribution in [3.63, 3.8) is 0 Å². The van der Waals surface area contributed by atoms with Crippen LogP contribution >= 0.6 is 0 Å². The highest BCUT2D eigenvalue weighted by atomic mass is 15.5. The highest BCUT2D eigenvalue weighted by Gasteiger charge is 2.11. The molecule has 0 bridgehead atoms. The molecule has 1 N–H and O–H groups in total. The van der Waals surface area contributed by atoms with E-state index in [0.717, 1.165) is 22.4 Å². The number of tetrazole rings is 1. The van der Waals surface area contributed by atoms with E-state index in [4.69, 9.17) is 0 Å². The summed E-state index contributed by atoms with van der Waals surface area (Å²) >= 11 is 0. The smallest absolute Gasteiger partial charge is 0.179 e. The van der Waals surface area contributed by atoms with Gasteiger partial charge in [0.1, 0.15) is 0 Å². The summed E-state index contributed by atoms with van der Waals surface area (Å²) in [5, 5.41) is 14.0. The van der Waals surface area contributed by atoms with Crippen molar-refractivity contribution in [1.82, 2.24) is 25.6 Å². The van der Waals surface area contributed by atoms with Gasteiger partial charge in [-0.3, -0.25) is 4.98 Å². The van der Waals surface area contributed by atoms with Gasteiger partial charge in [-0.05, 0) is 34.0 Å². The minimum atomic E-state index is 0.377. The van der Waals surface area contributed by atoms with Crippen molar-refractivity contribution >= 4 is 0 Å². The summed E-state index contributed by atoms with van der Waals surface area (Å²) in [6, 6.07) is 12.2. The highest BCUT2D eigenvalue weighted by Crippen LogP contribution is 2.29. The third-order valence-corrected chi connectivity index (χ3v) is 3.18. The van der Waals surface area contributed by atoms with Crippen LogP contribution in [-0.4, -0.2) is 25.6 Å². The third-order valence-electron chi connectivity index (χ3n) is 3.18. The van der Waals surface area contributed by atoms with E-state index in [0.29, 0.717) is 11.7 Å². The van der Waals surface area contributed by atoms with E-state index in [1.54, 1.807) is 0 Å². The quantitative estimate of drug-likeness (QED) is 0.790. The molecule has 100 valence electrons. The first-order valence-electron chi connectivity index (χ1n) is 6.55. The van der Waals surface area contributed by atoms with Crippen LogP contribution in [0.3, 0.4) is 0 Å². The summed E-state index contributed by atoms with van der Waals surface area (Å²) in [5.41, 5.74) is 4.33. The van der Waals surface area contributed by atoms with Crippen LogP contribution in [0.5, 0.6) is 0 Å². The first-order valence-corrected chi connectivity index (χ1v) is 6.55. The third kappa shape index (κ3) is 2.30. The SMILES string of the molecule is CC(C)c1ncccc1-c1cccc(-c2nnn[nH]2)c1. The largest absolute Gasteiger partial charge is 0.260 e. The molecule has 0 spiro atoms. The number of aromatic nitrogens is 5. The van der Waals surface area contributed by atoms with Crippen molar-refractivity contribution in [2.75, 3.05) is 0 Å². The van der Waals surface area contributed by atoms with E-state index in [9.17, 15) is 0 Å². The predicted molar refractivity (Wildman–Crippen MR) is 76.9 cm³/mol. The van der Waals surface area contributed by atoms with Crippen molar-refractivity contribution in [1.29, 1.82) is 0 Å². The Morgan fingerprint density at radius 1 is 1.05 bits per heavy atom. The summed E-state index contributed by atoms with van der Waals surface area (Å²) in [7, 11) is 0. The van der Waals surface area contributed by atoms with Gasteiger partial charge in [0.25, 0.3) is 0 Å². The molecule has 0 aliphatic carbocycles. The Morgan fingerprint density at radius 3 is 2.65 bits per heavy atom. The van der Waals surface area contributed by atoms with Gasteiger partial charge in [-0.1, -0.05) is 38.1 Å². The van der Waals surface area contributed by atoms with Crippen molar-refractivity contribution in [2.45, 2.75) is 19.8 Å². The van der Waals surface area contributed by atoms with Gasteiger partial charge >= 0.3 is 0 Å². The first kappa shape index (κ1) is 12.5. The van der Waals surface area contributed by atoms with E-state index < -0.39 is 0 Å². The van der Waals surface area contributed by atoms with Gasteiger partial charge in [-0.2, -0.15) is 0 Å². The molecule has 5 nitrogen and oxygen atoms in total. The Balaban J connectivity index is 2.10. The molecule has 1 aromatic carbocycles. The average molecular weight is 265 g/mol. The Morgan fingerprint density at radius 2 is 1.90 bits per heavy atom. The van der Waals surface area contributed by atoms with Crippen molar-refractivity contribution < 1.29 is 0 Å². The van der Waals surface area contributed by atoms with Crippen LogP contribution in [-0.2, 0) is 0 Å². The van der Waals surface area contributed by atoms with E-state index in [-0.39, 0.29) is 0 Å². The lowest BCUT2D eigenvalue weighted by molar-refractivity contribution is 0.826. The van der Waals surface area contributed by atoms with Gasteiger partial charge in [0.05, 0.1) is 5.69 Å². The minimum Gasteiger partial charge on any atom is -0.260 e. The first-order chi connectivity index (χ1) is 9.75. The van der Waals surface area contributed by atoms with Crippen LogP contribution in [0.1, 0.15) is 25.5 Å². The maximum atomic E-state index is 4.50. The van der Waals surface area contributed by atoms with Crippen molar-refractivity contribution in [2.24, 2.45) is 0 Å². The van der Waals surface area contributed by atoms with Crippen LogP contribution in [0.15, 0.2) is 42.6 Å². The molecule has 0 unspecified atom stereocenters. The zero-order valence-electron chi connectivity index (χ0n) is 11.4. The van der Waals surface area contributed by atoms with Crippen LogP contribution in [0.4, 0.5) is 0 Å². The molecular weight excluding hydrogens is 250 g/mol. The molecule has 0 aliphatic heterocycles. The zero-order chi connectivity index (χ0) is 13.9. The Bertz CT molecular complexity index is 704. The topological polar surface area (TPSA) is 67.3 Å². The van der Waals surface area contributed by atoms with Gasteiger partial charge in [0.2, 0.25) is 0 Å². The Hall–Kier alpha value is -2.56.